The molecule has 0 aliphatic carbocycles. The fraction of sp³-hybridized carbons (Fsp3) is 0.455. The standard InChI is InChI=1S/C11H15FO4S2/c1-4-11(17(2,13)14,18(3,15)16)9-6-5-7-10(12)8-9/h5-8H,4H2,1-3H3. The van der Waals surface area contributed by atoms with Crippen molar-refractivity contribution in [2.24, 2.45) is 0 Å². The maximum absolute atomic E-state index is 13.2. The first-order valence-electron chi connectivity index (χ1n) is 5.21. The maximum Gasteiger partial charge on any atom is 0.197 e. The number of hydrogen-bond acceptors (Lipinski definition) is 4. The molecule has 0 amide bonds. The second-order valence-corrected chi connectivity index (χ2v) is 8.90. The summed E-state index contributed by atoms with van der Waals surface area (Å²) < 4.78 is 58.9. The Hall–Kier alpha value is -0.950. The Morgan fingerprint density at radius 3 is 1.94 bits per heavy atom. The minimum absolute atomic E-state index is 0.0602. The molecule has 1 rings (SSSR count). The summed E-state index contributed by atoms with van der Waals surface area (Å²) in [7, 11) is -7.92. The van der Waals surface area contributed by atoms with E-state index < -0.39 is 29.6 Å². The number of benzene rings is 1. The van der Waals surface area contributed by atoms with E-state index in [0.29, 0.717) is 0 Å². The van der Waals surface area contributed by atoms with Gasteiger partial charge in [-0.1, -0.05) is 19.1 Å². The van der Waals surface area contributed by atoms with Crippen LogP contribution in [0.25, 0.3) is 0 Å². The normalized spacial score (nSPS) is 13.6. The van der Waals surface area contributed by atoms with Crippen LogP contribution in [0.15, 0.2) is 24.3 Å². The third-order valence-electron chi connectivity index (χ3n) is 2.93. The molecule has 1 aromatic rings. The SMILES string of the molecule is CCC(c1cccc(F)c1)(S(C)(=O)=O)S(C)(=O)=O. The van der Waals surface area contributed by atoms with Gasteiger partial charge in [0, 0.05) is 12.5 Å². The largest absolute Gasteiger partial charge is 0.227 e. The summed E-state index contributed by atoms with van der Waals surface area (Å²) in [5.41, 5.74) is -0.0602. The average molecular weight is 294 g/mol. The smallest absolute Gasteiger partial charge is 0.197 e. The van der Waals surface area contributed by atoms with Crippen LogP contribution in [0.3, 0.4) is 0 Å². The molecule has 102 valence electrons. The molecule has 4 nitrogen and oxygen atoms in total. The lowest BCUT2D eigenvalue weighted by atomic mass is 10.1. The monoisotopic (exact) mass is 294 g/mol. The molecule has 0 spiro atoms. The van der Waals surface area contributed by atoms with E-state index in [9.17, 15) is 21.2 Å². The fourth-order valence-corrected chi connectivity index (χ4v) is 6.52. The van der Waals surface area contributed by atoms with Gasteiger partial charge in [0.15, 0.2) is 23.8 Å². The number of halogens is 1. The summed E-state index contributed by atoms with van der Waals surface area (Å²) in [6, 6.07) is 4.69. The van der Waals surface area contributed by atoms with Crippen molar-refractivity contribution in [3.63, 3.8) is 0 Å². The summed E-state index contributed by atoms with van der Waals surface area (Å²) in [5, 5.41) is 0. The van der Waals surface area contributed by atoms with Gasteiger partial charge in [0.1, 0.15) is 5.82 Å². The molecule has 0 radical (unpaired) electrons. The molecule has 0 aliphatic heterocycles. The van der Waals surface area contributed by atoms with Gasteiger partial charge in [-0.25, -0.2) is 21.2 Å². The molecule has 0 fully saturated rings. The van der Waals surface area contributed by atoms with Crippen molar-refractivity contribution in [2.75, 3.05) is 12.5 Å². The third kappa shape index (κ3) is 2.29. The van der Waals surface area contributed by atoms with Crippen LogP contribution in [0.2, 0.25) is 0 Å². The van der Waals surface area contributed by atoms with E-state index in [1.807, 2.05) is 0 Å². The van der Waals surface area contributed by atoms with Crippen LogP contribution < -0.4 is 0 Å². The topological polar surface area (TPSA) is 68.3 Å². The Balaban J connectivity index is 3.79. The van der Waals surface area contributed by atoms with Gasteiger partial charge in [-0.3, -0.25) is 0 Å². The van der Waals surface area contributed by atoms with Crippen LogP contribution in [0.4, 0.5) is 4.39 Å². The Bertz CT molecular complexity index is 615. The van der Waals surface area contributed by atoms with Crippen molar-refractivity contribution >= 4 is 19.7 Å². The highest BCUT2D eigenvalue weighted by atomic mass is 32.3. The Labute approximate surface area is 107 Å². The average Bonchev–Trinajstić information content (AvgIpc) is 2.14. The highest BCUT2D eigenvalue weighted by Crippen LogP contribution is 2.38. The van der Waals surface area contributed by atoms with E-state index in [4.69, 9.17) is 0 Å². The van der Waals surface area contributed by atoms with E-state index >= 15 is 0 Å². The van der Waals surface area contributed by atoms with Crippen LogP contribution >= 0.6 is 0 Å². The quantitative estimate of drug-likeness (QED) is 0.843. The van der Waals surface area contributed by atoms with Gasteiger partial charge in [0.2, 0.25) is 0 Å². The van der Waals surface area contributed by atoms with Crippen molar-refractivity contribution in [1.82, 2.24) is 0 Å². The lowest BCUT2D eigenvalue weighted by molar-refractivity contribution is 0.542. The van der Waals surface area contributed by atoms with Crippen LogP contribution in [0.5, 0.6) is 0 Å². The lowest BCUT2D eigenvalue weighted by Gasteiger charge is -2.29. The summed E-state index contributed by atoms with van der Waals surface area (Å²) in [5.74, 6) is -0.669. The maximum atomic E-state index is 13.2. The number of sulfone groups is 2. The van der Waals surface area contributed by atoms with Crippen LogP contribution in [-0.4, -0.2) is 29.3 Å². The van der Waals surface area contributed by atoms with Crippen LogP contribution in [-0.2, 0) is 23.8 Å². The Morgan fingerprint density at radius 2 is 1.61 bits per heavy atom. The Morgan fingerprint density at radius 1 is 1.11 bits per heavy atom. The molecular formula is C11H15FO4S2. The van der Waals surface area contributed by atoms with Gasteiger partial charge in [-0.05, 0) is 24.1 Å². The van der Waals surface area contributed by atoms with E-state index in [0.717, 1.165) is 24.6 Å². The zero-order chi connectivity index (χ0) is 14.2. The molecule has 1 aromatic carbocycles. The molecule has 0 saturated heterocycles. The zero-order valence-electron chi connectivity index (χ0n) is 10.3. The molecule has 7 heteroatoms. The summed E-state index contributed by atoms with van der Waals surface area (Å²) in [6.07, 6.45) is 1.53. The molecule has 0 unspecified atom stereocenters. The molecule has 0 bridgehead atoms. The third-order valence-corrected chi connectivity index (χ3v) is 8.19. The van der Waals surface area contributed by atoms with Gasteiger partial charge in [0.25, 0.3) is 0 Å². The second-order valence-electron chi connectivity index (χ2n) is 4.16. The van der Waals surface area contributed by atoms with Crippen LogP contribution in [0.1, 0.15) is 18.9 Å². The summed E-state index contributed by atoms with van der Waals surface area (Å²) in [6.45, 7) is 1.45. The molecule has 0 atom stereocenters. The van der Waals surface area contributed by atoms with Crippen molar-refractivity contribution in [3.05, 3.63) is 35.6 Å². The van der Waals surface area contributed by atoms with Gasteiger partial charge < -0.3 is 0 Å². The van der Waals surface area contributed by atoms with Gasteiger partial charge >= 0.3 is 0 Å². The molecular weight excluding hydrogens is 279 g/mol. The first-order chi connectivity index (χ1) is 8.06. The molecule has 0 saturated carbocycles. The molecule has 0 N–H and O–H groups in total. The van der Waals surface area contributed by atoms with E-state index in [1.165, 1.54) is 19.1 Å². The molecule has 0 aromatic heterocycles. The molecule has 0 heterocycles. The van der Waals surface area contributed by atoms with Crippen LogP contribution in [0, 0.1) is 5.82 Å². The van der Waals surface area contributed by atoms with E-state index in [1.54, 1.807) is 0 Å². The second kappa shape index (κ2) is 4.62. The van der Waals surface area contributed by atoms with Gasteiger partial charge in [-0.2, -0.15) is 0 Å². The minimum atomic E-state index is -3.96. The summed E-state index contributed by atoms with van der Waals surface area (Å²) in [4.78, 5) is 0. The zero-order valence-corrected chi connectivity index (χ0v) is 12.0. The minimum Gasteiger partial charge on any atom is -0.227 e. The highest BCUT2D eigenvalue weighted by molar-refractivity contribution is 8.09. The Kier molecular flexibility index (Phi) is 3.88. The first-order valence-corrected chi connectivity index (χ1v) is 9.00. The van der Waals surface area contributed by atoms with Gasteiger partial charge in [0.05, 0.1) is 0 Å². The first kappa shape index (κ1) is 15.1. The molecule has 18 heavy (non-hydrogen) atoms. The number of rotatable bonds is 4. The summed E-state index contributed by atoms with van der Waals surface area (Å²) >= 11 is 0. The van der Waals surface area contributed by atoms with Gasteiger partial charge in [-0.15, -0.1) is 0 Å². The van der Waals surface area contributed by atoms with Crippen molar-refractivity contribution in [2.45, 2.75) is 17.4 Å². The van der Waals surface area contributed by atoms with Crippen molar-refractivity contribution < 1.29 is 21.2 Å². The predicted octanol–water partition coefficient (Wildman–Crippen LogP) is 1.48. The van der Waals surface area contributed by atoms with E-state index in [2.05, 4.69) is 0 Å². The van der Waals surface area contributed by atoms with Crippen molar-refractivity contribution in [1.29, 1.82) is 0 Å². The highest BCUT2D eigenvalue weighted by Gasteiger charge is 2.50. The van der Waals surface area contributed by atoms with Crippen molar-refractivity contribution in [3.8, 4) is 0 Å². The number of hydrogen-bond donors (Lipinski definition) is 0. The molecule has 0 aliphatic rings. The lowest BCUT2D eigenvalue weighted by Crippen LogP contribution is -2.42. The van der Waals surface area contributed by atoms with E-state index in [-0.39, 0.29) is 12.0 Å². The fourth-order valence-electron chi connectivity index (χ4n) is 2.16. The predicted molar refractivity (Wildman–Crippen MR) is 68.1 cm³/mol.